The fourth-order valence-electron chi connectivity index (χ4n) is 15.8. The largest absolute Gasteiger partial charge is 0.394 e. The third-order valence-electron chi connectivity index (χ3n) is 19.8. The Bertz CT molecular complexity index is 1780. The molecule has 0 aromatic heterocycles. The number of ether oxygens (including phenoxy) is 6. The van der Waals surface area contributed by atoms with Crippen LogP contribution in [-0.2, 0) is 33.2 Å². The van der Waals surface area contributed by atoms with Crippen LogP contribution < -0.4 is 0 Å². The molecule has 0 aromatic rings. The number of aliphatic hydroxyl groups is 13. The van der Waals surface area contributed by atoms with Crippen molar-refractivity contribution in [3.05, 3.63) is 0 Å². The molecule has 0 amide bonds. The van der Waals surface area contributed by atoms with E-state index in [1.54, 1.807) is 0 Å². The van der Waals surface area contributed by atoms with Crippen LogP contribution in [0.25, 0.3) is 0 Å². The molecule has 1 unspecified atom stereocenters. The van der Waals surface area contributed by atoms with Crippen LogP contribution in [-0.4, -0.2) is 209 Å². The van der Waals surface area contributed by atoms with Crippen LogP contribution in [0.4, 0.5) is 0 Å². The number of Topliss-reactive ketones (excluding diaryl/α,β-unsaturated/α-hetero) is 1. The lowest BCUT2D eigenvalue weighted by atomic mass is 9.41. The topological polar surface area (TPSA) is 335 Å². The Morgan fingerprint density at radius 1 is 0.662 bits per heavy atom. The van der Waals surface area contributed by atoms with Crippen LogP contribution in [0.1, 0.15) is 106 Å². The minimum absolute atomic E-state index is 0.00228. The molecule has 8 fully saturated rings. The second kappa shape index (κ2) is 19.0. The van der Waals surface area contributed by atoms with E-state index < -0.39 is 148 Å². The highest BCUT2D eigenvalue weighted by Gasteiger charge is 2.83. The third-order valence-corrected chi connectivity index (χ3v) is 19.8. The number of hydrogen-bond donors (Lipinski definition) is 13. The maximum atomic E-state index is 12.8. The zero-order valence-corrected chi connectivity index (χ0v) is 40.2. The van der Waals surface area contributed by atoms with Crippen molar-refractivity contribution in [3.8, 4) is 0 Å². The van der Waals surface area contributed by atoms with Gasteiger partial charge in [-0.25, -0.2) is 0 Å². The Labute approximate surface area is 397 Å². The number of carbonyl (C=O) groups excluding carboxylic acids is 1. The molecule has 3 aliphatic heterocycles. The van der Waals surface area contributed by atoms with Crippen molar-refractivity contribution < 1.29 is 99.6 Å². The van der Waals surface area contributed by atoms with Gasteiger partial charge in [0.1, 0.15) is 78.8 Å². The molecule has 2 spiro atoms. The smallest absolute Gasteiger partial charge is 0.187 e. The molecule has 26 atom stereocenters. The van der Waals surface area contributed by atoms with Crippen LogP contribution in [0.2, 0.25) is 0 Å². The number of ketones is 1. The summed E-state index contributed by atoms with van der Waals surface area (Å²) in [7, 11) is 0. The number of fused-ring (bicyclic) bond motifs is 2. The summed E-state index contributed by atoms with van der Waals surface area (Å²) >= 11 is 0. The molecule has 68 heavy (non-hydrogen) atoms. The molecule has 5 saturated carbocycles. The predicted molar refractivity (Wildman–Crippen MR) is 233 cm³/mol. The van der Waals surface area contributed by atoms with E-state index in [2.05, 4.69) is 34.6 Å². The van der Waals surface area contributed by atoms with Crippen molar-refractivity contribution in [2.24, 2.45) is 50.7 Å². The fraction of sp³-hybridized carbons (Fsp3) is 0.979. The highest BCUT2D eigenvalue weighted by Crippen LogP contribution is 2.89. The SMILES string of the molecule is C[C@H](CCC(=O)C(C)(O)CO)[C@H]1[C@@H](O)C[C@@]2(C)[C@@H]3CC[C@H]4C(C)(C)[C@@H](O[C@@H]5O[C@H](CO[C@@H]6O[C@H](CO)[C@@H](O)[C@H](O)[C@H]6O)[C@@H](O)[C@H](O)[C@H]5O[C@@H]5O[C@H](CO)[C@@H](O)[C@H](O)[C@H]5O)CC[C@@]45C[C@@]35CC[C@]12C. The summed E-state index contributed by atoms with van der Waals surface area (Å²) in [5.74, 6) is 0.101. The van der Waals surface area contributed by atoms with Crippen LogP contribution >= 0.6 is 0 Å². The average Bonchev–Trinajstić information content (AvgIpc) is 3.91. The molecule has 3 heterocycles. The maximum absolute atomic E-state index is 12.8. The fourth-order valence-corrected chi connectivity index (χ4v) is 15.8. The van der Waals surface area contributed by atoms with Crippen LogP contribution in [0.3, 0.4) is 0 Å². The molecule has 0 bridgehead atoms. The van der Waals surface area contributed by atoms with Crippen LogP contribution in [0.15, 0.2) is 0 Å². The quantitative estimate of drug-likeness (QED) is 0.0786. The summed E-state index contributed by atoms with van der Waals surface area (Å²) in [6.45, 7) is 9.82. The van der Waals surface area contributed by atoms with Gasteiger partial charge in [0.15, 0.2) is 24.7 Å². The van der Waals surface area contributed by atoms with Gasteiger partial charge in [-0.3, -0.25) is 4.79 Å². The first kappa shape index (κ1) is 53.2. The van der Waals surface area contributed by atoms with Gasteiger partial charge in [-0.2, -0.15) is 0 Å². The molecule has 8 rings (SSSR count). The summed E-state index contributed by atoms with van der Waals surface area (Å²) in [6.07, 6.45) is -18.0. The molecule has 392 valence electrons. The Hall–Kier alpha value is -1.09. The lowest BCUT2D eigenvalue weighted by Crippen LogP contribution is -2.66. The average molecular weight is 977 g/mol. The van der Waals surface area contributed by atoms with E-state index in [0.29, 0.717) is 25.2 Å². The van der Waals surface area contributed by atoms with Gasteiger partial charge in [-0.15, -0.1) is 0 Å². The van der Waals surface area contributed by atoms with Gasteiger partial charge < -0.3 is 94.8 Å². The highest BCUT2D eigenvalue weighted by atomic mass is 16.8. The van der Waals surface area contributed by atoms with Crippen molar-refractivity contribution in [3.63, 3.8) is 0 Å². The maximum Gasteiger partial charge on any atom is 0.187 e. The molecule has 5 aliphatic carbocycles. The van der Waals surface area contributed by atoms with E-state index >= 15 is 0 Å². The molecule has 0 radical (unpaired) electrons. The molecule has 20 nitrogen and oxygen atoms in total. The van der Waals surface area contributed by atoms with E-state index in [1.165, 1.54) is 6.92 Å². The van der Waals surface area contributed by atoms with Gasteiger partial charge in [-0.1, -0.05) is 34.6 Å². The molecule has 8 aliphatic rings. The third kappa shape index (κ3) is 8.28. The van der Waals surface area contributed by atoms with E-state index in [0.717, 1.165) is 38.5 Å². The van der Waals surface area contributed by atoms with Crippen molar-refractivity contribution >= 4 is 5.78 Å². The molecular formula is C48H80O20. The van der Waals surface area contributed by atoms with Crippen molar-refractivity contribution in [1.29, 1.82) is 0 Å². The zero-order valence-electron chi connectivity index (χ0n) is 40.2. The zero-order chi connectivity index (χ0) is 49.8. The Morgan fingerprint density at radius 3 is 1.84 bits per heavy atom. The van der Waals surface area contributed by atoms with E-state index in [1.807, 2.05) is 0 Å². The Morgan fingerprint density at radius 2 is 1.22 bits per heavy atom. The number of hydrogen-bond acceptors (Lipinski definition) is 20. The van der Waals surface area contributed by atoms with Gasteiger partial charge in [0.25, 0.3) is 0 Å². The van der Waals surface area contributed by atoms with Crippen molar-refractivity contribution in [2.45, 2.75) is 216 Å². The second-order valence-electron chi connectivity index (χ2n) is 23.5. The van der Waals surface area contributed by atoms with E-state index in [4.69, 9.17) is 28.4 Å². The summed E-state index contributed by atoms with van der Waals surface area (Å²) < 4.78 is 36.2. The van der Waals surface area contributed by atoms with Crippen LogP contribution in [0.5, 0.6) is 0 Å². The lowest BCUT2D eigenvalue weighted by molar-refractivity contribution is -0.381. The first-order valence-corrected chi connectivity index (χ1v) is 24.9. The monoisotopic (exact) mass is 977 g/mol. The number of aliphatic hydroxyl groups excluding tert-OH is 12. The normalized spacial score (nSPS) is 53.3. The van der Waals surface area contributed by atoms with Crippen molar-refractivity contribution in [2.75, 3.05) is 26.4 Å². The second-order valence-corrected chi connectivity index (χ2v) is 23.5. The van der Waals surface area contributed by atoms with Gasteiger partial charge in [-0.05, 0) is 115 Å². The first-order chi connectivity index (χ1) is 31.8. The Balaban J connectivity index is 1.01. The molecule has 0 aromatic carbocycles. The number of carbonyl (C=O) groups is 1. The Kier molecular flexibility index (Phi) is 14.9. The van der Waals surface area contributed by atoms with Gasteiger partial charge in [0.05, 0.1) is 38.6 Å². The summed E-state index contributed by atoms with van der Waals surface area (Å²) in [4.78, 5) is 12.8. The van der Waals surface area contributed by atoms with Gasteiger partial charge in [0.2, 0.25) is 0 Å². The van der Waals surface area contributed by atoms with Gasteiger partial charge >= 0.3 is 0 Å². The highest BCUT2D eigenvalue weighted by molar-refractivity contribution is 5.86. The van der Waals surface area contributed by atoms with Gasteiger partial charge in [0, 0.05) is 6.42 Å². The van der Waals surface area contributed by atoms with E-state index in [-0.39, 0.29) is 45.8 Å². The standard InChI is InChI=1S/C48H80O20/c1-21(7-10-28(53)46(6,62)20-51)30-22(52)15-45(5)27-9-8-26-43(2,3)29(11-12-47(26)19-48(27,47)14-13-44(30,45)4)67-42-39(68-41-38(61)35(58)32(55)24(17-50)65-41)36(59)33(56)25(66-42)18-63-40-37(60)34(57)31(54)23(16-49)64-40/h21-27,29-42,49-52,54-62H,7-20H2,1-6H3/t21-,22+,23-,24-,25-,26+,27+,29+,30+,31-,32-,33-,34+,35+,36+,37-,38-,39-,40-,41+,42+,44-,45+,46?,47-,48+/m1/s1. The molecular weight excluding hydrogens is 897 g/mol. The minimum atomic E-state index is -1.85. The number of rotatable bonds is 15. The summed E-state index contributed by atoms with van der Waals surface area (Å²) in [6, 6.07) is 0. The molecule has 13 N–H and O–H groups in total. The van der Waals surface area contributed by atoms with E-state index in [9.17, 15) is 71.2 Å². The first-order valence-electron chi connectivity index (χ1n) is 24.9. The van der Waals surface area contributed by atoms with Crippen molar-refractivity contribution in [1.82, 2.24) is 0 Å². The van der Waals surface area contributed by atoms with Crippen LogP contribution in [0, 0.1) is 50.7 Å². The minimum Gasteiger partial charge on any atom is -0.394 e. The lowest BCUT2D eigenvalue weighted by Gasteiger charge is -2.63. The molecule has 3 saturated heterocycles. The summed E-state index contributed by atoms with van der Waals surface area (Å²) in [5, 5.41) is 138. The predicted octanol–water partition coefficient (Wildman–Crippen LogP) is -2.04. The molecule has 20 heteroatoms. The summed E-state index contributed by atoms with van der Waals surface area (Å²) in [5.41, 5.74) is -2.62.